The van der Waals surface area contributed by atoms with E-state index in [0.29, 0.717) is 22.0 Å². The highest BCUT2D eigenvalue weighted by Crippen LogP contribution is 2.41. The SMILES string of the molecule is Cc1cc(C)c(-c2cnn(C)c2N)c(O)c1Cl. The number of hydrogen-bond acceptors (Lipinski definition) is 3. The first-order valence-corrected chi connectivity index (χ1v) is 5.57. The summed E-state index contributed by atoms with van der Waals surface area (Å²) in [5.74, 6) is 0.562. The minimum Gasteiger partial charge on any atom is -0.506 e. The quantitative estimate of drug-likeness (QED) is 0.819. The van der Waals surface area contributed by atoms with E-state index < -0.39 is 0 Å². The van der Waals surface area contributed by atoms with Crippen molar-refractivity contribution in [2.75, 3.05) is 5.73 Å². The summed E-state index contributed by atoms with van der Waals surface area (Å²) in [5, 5.41) is 14.5. The monoisotopic (exact) mass is 251 g/mol. The first-order valence-electron chi connectivity index (χ1n) is 5.20. The number of aromatic hydroxyl groups is 1. The maximum Gasteiger partial charge on any atom is 0.142 e. The lowest BCUT2D eigenvalue weighted by Crippen LogP contribution is -1.99. The number of rotatable bonds is 1. The minimum absolute atomic E-state index is 0.0591. The minimum atomic E-state index is 0.0591. The topological polar surface area (TPSA) is 64.1 Å². The number of halogens is 1. The third kappa shape index (κ3) is 1.74. The molecule has 5 heteroatoms. The maximum absolute atomic E-state index is 10.1. The van der Waals surface area contributed by atoms with Gasteiger partial charge in [0.25, 0.3) is 0 Å². The fraction of sp³-hybridized carbons (Fsp3) is 0.250. The van der Waals surface area contributed by atoms with Gasteiger partial charge in [-0.25, -0.2) is 0 Å². The van der Waals surface area contributed by atoms with E-state index in [9.17, 15) is 5.11 Å². The van der Waals surface area contributed by atoms with E-state index in [2.05, 4.69) is 5.10 Å². The van der Waals surface area contributed by atoms with Gasteiger partial charge < -0.3 is 10.8 Å². The van der Waals surface area contributed by atoms with Gasteiger partial charge in [0.05, 0.1) is 11.2 Å². The number of nitrogens with two attached hydrogens (primary N) is 1. The van der Waals surface area contributed by atoms with E-state index in [1.54, 1.807) is 17.9 Å². The van der Waals surface area contributed by atoms with Gasteiger partial charge in [-0.2, -0.15) is 5.10 Å². The van der Waals surface area contributed by atoms with Crippen LogP contribution >= 0.6 is 11.6 Å². The zero-order chi connectivity index (χ0) is 12.7. The molecule has 0 fully saturated rings. The Labute approximate surface area is 105 Å². The predicted octanol–water partition coefficient (Wildman–Crippen LogP) is 2.65. The molecule has 0 saturated heterocycles. The zero-order valence-corrected chi connectivity index (χ0v) is 10.7. The van der Waals surface area contributed by atoms with Crippen molar-refractivity contribution in [1.29, 1.82) is 0 Å². The number of benzene rings is 1. The van der Waals surface area contributed by atoms with E-state index in [4.69, 9.17) is 17.3 Å². The molecule has 0 aliphatic rings. The molecule has 0 radical (unpaired) electrons. The van der Waals surface area contributed by atoms with Gasteiger partial charge in [-0.1, -0.05) is 17.7 Å². The number of hydrogen-bond donors (Lipinski definition) is 2. The average Bonchev–Trinajstić information content (AvgIpc) is 2.58. The van der Waals surface area contributed by atoms with Crippen LogP contribution in [0.2, 0.25) is 5.02 Å². The lowest BCUT2D eigenvalue weighted by Gasteiger charge is -2.11. The van der Waals surface area contributed by atoms with Crippen LogP contribution in [0.3, 0.4) is 0 Å². The Morgan fingerprint density at radius 3 is 2.53 bits per heavy atom. The fourth-order valence-corrected chi connectivity index (χ4v) is 2.07. The summed E-state index contributed by atoms with van der Waals surface area (Å²) in [6, 6.07) is 1.92. The second-order valence-electron chi connectivity index (χ2n) is 4.12. The molecule has 0 spiro atoms. The molecular formula is C12H14ClN3O. The molecule has 0 unspecified atom stereocenters. The Hall–Kier alpha value is -1.68. The molecule has 1 aromatic heterocycles. The van der Waals surface area contributed by atoms with Crippen molar-refractivity contribution >= 4 is 17.4 Å². The Balaban J connectivity index is 2.76. The van der Waals surface area contributed by atoms with Gasteiger partial charge in [0, 0.05) is 18.2 Å². The van der Waals surface area contributed by atoms with Gasteiger partial charge in [-0.3, -0.25) is 4.68 Å². The molecule has 4 nitrogen and oxygen atoms in total. The Morgan fingerprint density at radius 1 is 1.35 bits per heavy atom. The van der Waals surface area contributed by atoms with Gasteiger partial charge in [-0.05, 0) is 25.0 Å². The number of phenolic OH excluding ortho intramolecular Hbond substituents is 1. The number of phenols is 1. The lowest BCUT2D eigenvalue weighted by atomic mass is 9.99. The predicted molar refractivity (Wildman–Crippen MR) is 69.2 cm³/mol. The van der Waals surface area contributed by atoms with E-state index in [-0.39, 0.29) is 5.75 Å². The van der Waals surface area contributed by atoms with Gasteiger partial charge in [-0.15, -0.1) is 0 Å². The van der Waals surface area contributed by atoms with Crippen LogP contribution in [0.5, 0.6) is 5.75 Å². The molecule has 1 aromatic carbocycles. The van der Waals surface area contributed by atoms with Crippen LogP contribution in [0, 0.1) is 13.8 Å². The summed E-state index contributed by atoms with van der Waals surface area (Å²) in [6.45, 7) is 3.76. The number of aromatic nitrogens is 2. The third-order valence-corrected chi connectivity index (χ3v) is 3.35. The summed E-state index contributed by atoms with van der Waals surface area (Å²) < 4.78 is 1.56. The lowest BCUT2D eigenvalue weighted by molar-refractivity contribution is 0.477. The van der Waals surface area contributed by atoms with Crippen LogP contribution in [0.15, 0.2) is 12.3 Å². The molecule has 3 N–H and O–H groups in total. The van der Waals surface area contributed by atoms with Crippen LogP contribution in [-0.2, 0) is 7.05 Å². The van der Waals surface area contributed by atoms with Crippen molar-refractivity contribution in [3.05, 3.63) is 28.4 Å². The summed E-state index contributed by atoms with van der Waals surface area (Å²) >= 11 is 6.05. The van der Waals surface area contributed by atoms with Gasteiger partial charge in [0.15, 0.2) is 0 Å². The van der Waals surface area contributed by atoms with E-state index in [1.807, 2.05) is 19.9 Å². The molecular weight excluding hydrogens is 238 g/mol. The average molecular weight is 252 g/mol. The van der Waals surface area contributed by atoms with Gasteiger partial charge in [0.2, 0.25) is 0 Å². The van der Waals surface area contributed by atoms with E-state index >= 15 is 0 Å². The number of nitrogen functional groups attached to an aromatic ring is 1. The number of aryl methyl sites for hydroxylation is 3. The molecule has 0 amide bonds. The maximum atomic E-state index is 10.1. The molecule has 0 saturated carbocycles. The summed E-state index contributed by atoms with van der Waals surface area (Å²) in [6.07, 6.45) is 1.63. The first-order chi connectivity index (χ1) is 7.93. The second-order valence-corrected chi connectivity index (χ2v) is 4.49. The van der Waals surface area contributed by atoms with Crippen molar-refractivity contribution < 1.29 is 5.11 Å². The highest BCUT2D eigenvalue weighted by molar-refractivity contribution is 6.33. The van der Waals surface area contributed by atoms with Crippen molar-refractivity contribution in [3.8, 4) is 16.9 Å². The molecule has 2 rings (SSSR count). The molecule has 0 aliphatic heterocycles. The van der Waals surface area contributed by atoms with Gasteiger partial charge in [0.1, 0.15) is 11.6 Å². The van der Waals surface area contributed by atoms with Crippen LogP contribution < -0.4 is 5.73 Å². The normalized spacial score (nSPS) is 10.8. The van der Waals surface area contributed by atoms with Crippen LogP contribution in [0.25, 0.3) is 11.1 Å². The highest BCUT2D eigenvalue weighted by Gasteiger charge is 2.17. The standard InChI is InChI=1S/C12H14ClN3O/c1-6-4-7(2)10(13)11(17)9(6)8-5-15-16(3)12(8)14/h4-5,17H,14H2,1-3H3. The summed E-state index contributed by atoms with van der Waals surface area (Å²) in [5.41, 5.74) is 9.01. The fourth-order valence-electron chi connectivity index (χ4n) is 1.92. The molecule has 17 heavy (non-hydrogen) atoms. The molecule has 1 heterocycles. The Morgan fingerprint density at radius 2 is 2.00 bits per heavy atom. The molecule has 0 atom stereocenters. The van der Waals surface area contributed by atoms with Crippen LogP contribution in [0.4, 0.5) is 5.82 Å². The molecule has 0 bridgehead atoms. The number of nitrogens with zero attached hydrogens (tertiary/aromatic N) is 2. The first kappa shape index (κ1) is 11.8. The van der Waals surface area contributed by atoms with E-state index in [0.717, 1.165) is 11.1 Å². The van der Waals surface area contributed by atoms with Gasteiger partial charge >= 0.3 is 0 Å². The molecule has 90 valence electrons. The van der Waals surface area contributed by atoms with E-state index in [1.165, 1.54) is 0 Å². The highest BCUT2D eigenvalue weighted by atomic mass is 35.5. The van der Waals surface area contributed by atoms with Crippen LogP contribution in [0.1, 0.15) is 11.1 Å². The zero-order valence-electron chi connectivity index (χ0n) is 9.95. The number of anilines is 1. The third-order valence-electron chi connectivity index (χ3n) is 2.87. The van der Waals surface area contributed by atoms with Crippen molar-refractivity contribution in [2.45, 2.75) is 13.8 Å². The Kier molecular flexibility index (Phi) is 2.75. The van der Waals surface area contributed by atoms with Crippen LogP contribution in [-0.4, -0.2) is 14.9 Å². The smallest absolute Gasteiger partial charge is 0.142 e. The molecule has 2 aromatic rings. The van der Waals surface area contributed by atoms with Crippen molar-refractivity contribution in [3.63, 3.8) is 0 Å². The van der Waals surface area contributed by atoms with Crippen molar-refractivity contribution in [2.24, 2.45) is 7.05 Å². The second kappa shape index (κ2) is 3.96. The van der Waals surface area contributed by atoms with Crippen molar-refractivity contribution in [1.82, 2.24) is 9.78 Å². The molecule has 0 aliphatic carbocycles. The summed E-state index contributed by atoms with van der Waals surface area (Å²) in [7, 11) is 1.75. The summed E-state index contributed by atoms with van der Waals surface area (Å²) in [4.78, 5) is 0. The largest absolute Gasteiger partial charge is 0.506 e. The Bertz CT molecular complexity index is 590.